The summed E-state index contributed by atoms with van der Waals surface area (Å²) in [5, 5.41) is 0. The molecule has 1 atom stereocenters. The maximum Gasteiger partial charge on any atom is 0.265 e. The van der Waals surface area contributed by atoms with Gasteiger partial charge in [0.15, 0.2) is 11.5 Å². The largest absolute Gasteiger partial charge is 0.493 e. The van der Waals surface area contributed by atoms with Gasteiger partial charge in [-0.3, -0.25) is 14.6 Å². The number of anilines is 1. The van der Waals surface area contributed by atoms with E-state index in [1.165, 1.54) is 14.2 Å². The van der Waals surface area contributed by atoms with Gasteiger partial charge in [-0.2, -0.15) is 0 Å². The number of methoxy groups -OCH3 is 2. The van der Waals surface area contributed by atoms with E-state index in [0.29, 0.717) is 34.9 Å². The lowest BCUT2D eigenvalue weighted by atomic mass is 9.89. The van der Waals surface area contributed by atoms with Gasteiger partial charge in [-0.05, 0) is 23.8 Å². The summed E-state index contributed by atoms with van der Waals surface area (Å²) in [5.74, 6) is -0.434. The van der Waals surface area contributed by atoms with Crippen LogP contribution in [-0.2, 0) is 4.79 Å². The summed E-state index contributed by atoms with van der Waals surface area (Å²) in [6, 6.07) is 12.0. The van der Waals surface area contributed by atoms with Gasteiger partial charge in [-0.1, -0.05) is 24.3 Å². The second-order valence-corrected chi connectivity index (χ2v) is 5.89. The van der Waals surface area contributed by atoms with Gasteiger partial charge in [0.25, 0.3) is 5.91 Å². The second-order valence-electron chi connectivity index (χ2n) is 5.89. The Morgan fingerprint density at radius 2 is 1.85 bits per heavy atom. The number of fused-ring (bicyclic) bond motifs is 1. The molecule has 1 aliphatic heterocycles. The van der Waals surface area contributed by atoms with E-state index >= 15 is 0 Å². The minimum Gasteiger partial charge on any atom is -0.493 e. The summed E-state index contributed by atoms with van der Waals surface area (Å²) in [7, 11) is 3.03. The number of imide groups is 1. The number of amides is 2. The molecular formula is C21H20N2O4. The molecule has 0 saturated heterocycles. The van der Waals surface area contributed by atoms with Crippen LogP contribution in [0.3, 0.4) is 0 Å². The number of carbonyl (C=O) groups is 2. The van der Waals surface area contributed by atoms with Gasteiger partial charge in [0.2, 0.25) is 5.91 Å². The van der Waals surface area contributed by atoms with Gasteiger partial charge in [-0.15, -0.1) is 6.58 Å². The molecule has 2 aromatic carbocycles. The van der Waals surface area contributed by atoms with E-state index < -0.39 is 5.92 Å². The summed E-state index contributed by atoms with van der Waals surface area (Å²) in [6.45, 7) is 4.03. The van der Waals surface area contributed by atoms with E-state index in [9.17, 15) is 9.59 Å². The zero-order chi connectivity index (χ0) is 19.4. The fourth-order valence-electron chi connectivity index (χ4n) is 3.05. The molecule has 6 nitrogen and oxygen atoms in total. The number of ether oxygens (including phenoxy) is 2. The lowest BCUT2D eigenvalue weighted by Crippen LogP contribution is -2.45. The van der Waals surface area contributed by atoms with Crippen LogP contribution in [0, 0.1) is 0 Å². The highest BCUT2D eigenvalue weighted by atomic mass is 16.5. The van der Waals surface area contributed by atoms with Crippen molar-refractivity contribution in [1.29, 1.82) is 0 Å². The lowest BCUT2D eigenvalue weighted by molar-refractivity contribution is -0.118. The molecule has 0 spiro atoms. The first-order valence-corrected chi connectivity index (χ1v) is 8.42. The number of rotatable bonds is 6. The maximum atomic E-state index is 13.2. The zero-order valence-corrected chi connectivity index (χ0v) is 15.2. The molecule has 1 heterocycles. The third kappa shape index (κ3) is 3.33. The highest BCUT2D eigenvalue weighted by molar-refractivity contribution is 6.29. The minimum absolute atomic E-state index is 0.362. The van der Waals surface area contributed by atoms with Crippen LogP contribution in [0.15, 0.2) is 60.1 Å². The van der Waals surface area contributed by atoms with Crippen LogP contribution < -0.4 is 14.4 Å². The highest BCUT2D eigenvalue weighted by Crippen LogP contribution is 2.36. The number of carbonyl (C=O) groups excluding carboxylic acids is 2. The Kier molecular flexibility index (Phi) is 5.35. The highest BCUT2D eigenvalue weighted by Gasteiger charge is 2.39. The van der Waals surface area contributed by atoms with Gasteiger partial charge in [0.1, 0.15) is 0 Å². The number of hydrogen-bond acceptors (Lipinski definition) is 5. The van der Waals surface area contributed by atoms with Crippen molar-refractivity contribution in [1.82, 2.24) is 0 Å². The molecule has 0 saturated carbocycles. The first kappa shape index (κ1) is 18.4. The molecule has 2 aromatic rings. The van der Waals surface area contributed by atoms with Crippen molar-refractivity contribution in [2.75, 3.05) is 25.7 Å². The van der Waals surface area contributed by atoms with Crippen molar-refractivity contribution >= 4 is 23.7 Å². The van der Waals surface area contributed by atoms with Crippen molar-refractivity contribution in [3.63, 3.8) is 0 Å². The Hall–Kier alpha value is -3.41. The molecule has 0 bridgehead atoms. The topological polar surface area (TPSA) is 68.2 Å². The Morgan fingerprint density at radius 1 is 1.11 bits per heavy atom. The standard InChI is InChI=1S/C21H20N2O4/c1-4-11-22-13-17-15-7-5-6-8-16(15)20(24)23(21(17)25)14-9-10-18(26-2)19(12-14)27-3/h4-10,12-13,17H,1,11H2,2-3H3/t17-/m0/s1. The van der Waals surface area contributed by atoms with Gasteiger partial charge in [0.05, 0.1) is 32.4 Å². The molecule has 0 radical (unpaired) electrons. The van der Waals surface area contributed by atoms with Crippen molar-refractivity contribution in [3.05, 3.63) is 66.2 Å². The molecule has 0 unspecified atom stereocenters. The summed E-state index contributed by atoms with van der Waals surface area (Å²) in [5.41, 5.74) is 1.54. The van der Waals surface area contributed by atoms with Crippen molar-refractivity contribution in [2.45, 2.75) is 5.92 Å². The molecule has 6 heteroatoms. The zero-order valence-electron chi connectivity index (χ0n) is 15.2. The quantitative estimate of drug-likeness (QED) is 0.448. The lowest BCUT2D eigenvalue weighted by Gasteiger charge is -2.31. The molecular weight excluding hydrogens is 344 g/mol. The van der Waals surface area contributed by atoms with Crippen molar-refractivity contribution in [2.24, 2.45) is 4.99 Å². The molecule has 27 heavy (non-hydrogen) atoms. The van der Waals surface area contributed by atoms with Crippen molar-refractivity contribution < 1.29 is 19.1 Å². The third-order valence-electron chi connectivity index (χ3n) is 4.33. The van der Waals surface area contributed by atoms with Crippen molar-refractivity contribution in [3.8, 4) is 11.5 Å². The van der Waals surface area contributed by atoms with Crippen LogP contribution in [-0.4, -0.2) is 38.8 Å². The van der Waals surface area contributed by atoms with Crippen LogP contribution in [0.2, 0.25) is 0 Å². The number of benzene rings is 2. The molecule has 0 N–H and O–H groups in total. The molecule has 2 amide bonds. The predicted octanol–water partition coefficient (Wildman–Crippen LogP) is 3.23. The number of nitrogens with zero attached hydrogens (tertiary/aromatic N) is 2. The van der Waals surface area contributed by atoms with E-state index in [1.807, 2.05) is 0 Å². The summed E-state index contributed by atoms with van der Waals surface area (Å²) in [4.78, 5) is 31.6. The predicted molar refractivity (Wildman–Crippen MR) is 104 cm³/mol. The van der Waals surface area contributed by atoms with E-state index in [4.69, 9.17) is 9.47 Å². The maximum absolute atomic E-state index is 13.2. The molecule has 0 aliphatic carbocycles. The molecule has 1 aliphatic rings. The van der Waals surface area contributed by atoms with Gasteiger partial charge < -0.3 is 9.47 Å². The smallest absolute Gasteiger partial charge is 0.265 e. The average molecular weight is 364 g/mol. The summed E-state index contributed by atoms with van der Waals surface area (Å²) < 4.78 is 10.5. The monoisotopic (exact) mass is 364 g/mol. The SMILES string of the molecule is C=CCN=C[C@@H]1C(=O)N(c2ccc(OC)c(OC)c2)C(=O)c2ccccc21. The van der Waals surface area contributed by atoms with E-state index in [1.54, 1.807) is 54.8 Å². The molecule has 138 valence electrons. The average Bonchev–Trinajstić information content (AvgIpc) is 2.70. The molecule has 3 rings (SSSR count). The van der Waals surface area contributed by atoms with E-state index in [2.05, 4.69) is 11.6 Å². The Morgan fingerprint density at radius 3 is 2.56 bits per heavy atom. The third-order valence-corrected chi connectivity index (χ3v) is 4.33. The minimum atomic E-state index is -0.646. The van der Waals surface area contributed by atoms with Crippen LogP contribution in [0.25, 0.3) is 0 Å². The fourth-order valence-corrected chi connectivity index (χ4v) is 3.05. The number of hydrogen-bond donors (Lipinski definition) is 0. The first-order chi connectivity index (χ1) is 13.1. The summed E-state index contributed by atoms with van der Waals surface area (Å²) >= 11 is 0. The molecule has 0 aromatic heterocycles. The first-order valence-electron chi connectivity index (χ1n) is 8.42. The van der Waals surface area contributed by atoms with Crippen LogP contribution >= 0.6 is 0 Å². The fraction of sp³-hybridized carbons (Fsp3) is 0.190. The Balaban J connectivity index is 2.10. The van der Waals surface area contributed by atoms with Gasteiger partial charge >= 0.3 is 0 Å². The van der Waals surface area contributed by atoms with Crippen LogP contribution in [0.5, 0.6) is 11.5 Å². The van der Waals surface area contributed by atoms with Gasteiger partial charge in [-0.25, -0.2) is 4.90 Å². The normalized spacial score (nSPS) is 16.4. The van der Waals surface area contributed by atoms with Crippen LogP contribution in [0.1, 0.15) is 21.8 Å². The summed E-state index contributed by atoms with van der Waals surface area (Å²) in [6.07, 6.45) is 3.22. The van der Waals surface area contributed by atoms with Gasteiger partial charge in [0, 0.05) is 17.8 Å². The molecule has 0 fully saturated rings. The van der Waals surface area contributed by atoms with E-state index in [0.717, 1.165) is 4.90 Å². The Labute approximate surface area is 157 Å². The Bertz CT molecular complexity index is 920. The number of aliphatic imine (C=N–C) groups is 1. The second kappa shape index (κ2) is 7.86. The van der Waals surface area contributed by atoms with E-state index in [-0.39, 0.29) is 11.8 Å². The van der Waals surface area contributed by atoms with Crippen LogP contribution in [0.4, 0.5) is 5.69 Å².